The van der Waals surface area contributed by atoms with Crippen LogP contribution in [0.3, 0.4) is 0 Å². The lowest BCUT2D eigenvalue weighted by atomic mass is 10.2. The van der Waals surface area contributed by atoms with Crippen LogP contribution in [0, 0.1) is 0 Å². The second-order valence-electron chi connectivity index (χ2n) is 4.92. The van der Waals surface area contributed by atoms with Gasteiger partial charge in [0.25, 0.3) is 0 Å². The van der Waals surface area contributed by atoms with Crippen molar-refractivity contribution in [1.29, 1.82) is 0 Å². The summed E-state index contributed by atoms with van der Waals surface area (Å²) in [7, 11) is 1.79. The summed E-state index contributed by atoms with van der Waals surface area (Å²) in [5, 5.41) is 6.80. The van der Waals surface area contributed by atoms with Crippen molar-refractivity contribution in [2.24, 2.45) is 7.05 Å². The highest BCUT2D eigenvalue weighted by atomic mass is 79.9. The van der Waals surface area contributed by atoms with Crippen LogP contribution in [-0.4, -0.2) is 35.5 Å². The Morgan fingerprint density at radius 3 is 2.92 bits per heavy atom. The molecule has 0 saturated carbocycles. The molecule has 0 aliphatic carbocycles. The van der Waals surface area contributed by atoms with Crippen LogP contribution in [0.1, 0.15) is 12.5 Å². The standard InChI is InChI=1S/C17H20BrN3O3/c1-3-23-10-11-24-15-6-5-14(18)12-13(15)4-7-17(22)19-16-8-9-21(2)20-16/h4-9,12H,3,10-11H2,1-2H3,(H,19,20,22)/b7-4+. The molecule has 0 radical (unpaired) electrons. The van der Waals surface area contributed by atoms with Crippen LogP contribution in [0.15, 0.2) is 41.0 Å². The lowest BCUT2D eigenvalue weighted by Gasteiger charge is -2.09. The van der Waals surface area contributed by atoms with Gasteiger partial charge in [-0.15, -0.1) is 0 Å². The largest absolute Gasteiger partial charge is 0.491 e. The number of benzene rings is 1. The molecule has 6 nitrogen and oxygen atoms in total. The van der Waals surface area contributed by atoms with Crippen molar-refractivity contribution >= 4 is 33.7 Å². The monoisotopic (exact) mass is 393 g/mol. The number of ether oxygens (including phenoxy) is 2. The van der Waals surface area contributed by atoms with E-state index in [0.717, 1.165) is 10.0 Å². The molecule has 0 aliphatic rings. The Bertz CT molecular complexity index is 713. The first-order valence-corrected chi connectivity index (χ1v) is 8.36. The Morgan fingerprint density at radius 2 is 2.21 bits per heavy atom. The molecule has 128 valence electrons. The Kier molecular flexibility index (Phi) is 7.02. The summed E-state index contributed by atoms with van der Waals surface area (Å²) in [6.45, 7) is 3.57. The lowest BCUT2D eigenvalue weighted by Crippen LogP contribution is -2.09. The molecule has 0 aliphatic heterocycles. The van der Waals surface area contributed by atoms with Crippen LogP contribution < -0.4 is 10.1 Å². The maximum atomic E-state index is 12.0. The average molecular weight is 394 g/mol. The number of rotatable bonds is 8. The number of halogens is 1. The zero-order chi connectivity index (χ0) is 17.4. The van der Waals surface area contributed by atoms with Gasteiger partial charge in [0, 0.05) is 42.0 Å². The third-order valence-corrected chi connectivity index (χ3v) is 3.53. The molecule has 2 rings (SSSR count). The van der Waals surface area contributed by atoms with Crippen LogP contribution in [-0.2, 0) is 16.6 Å². The number of carbonyl (C=O) groups excluding carboxylic acids is 1. The molecule has 0 bridgehead atoms. The number of amides is 1. The summed E-state index contributed by atoms with van der Waals surface area (Å²) < 4.78 is 13.5. The van der Waals surface area contributed by atoms with Crippen molar-refractivity contribution in [3.63, 3.8) is 0 Å². The Labute approximate surface area is 149 Å². The van der Waals surface area contributed by atoms with Gasteiger partial charge in [-0.3, -0.25) is 9.48 Å². The molecule has 1 heterocycles. The maximum absolute atomic E-state index is 12.0. The van der Waals surface area contributed by atoms with Crippen LogP contribution in [0.25, 0.3) is 6.08 Å². The summed E-state index contributed by atoms with van der Waals surface area (Å²) in [6, 6.07) is 7.36. The summed E-state index contributed by atoms with van der Waals surface area (Å²) in [6.07, 6.45) is 4.92. The van der Waals surface area contributed by atoms with Crippen molar-refractivity contribution in [2.45, 2.75) is 6.92 Å². The van der Waals surface area contributed by atoms with Crippen LogP contribution in [0.5, 0.6) is 5.75 Å². The first-order valence-electron chi connectivity index (χ1n) is 7.57. The number of hydrogen-bond donors (Lipinski definition) is 1. The lowest BCUT2D eigenvalue weighted by molar-refractivity contribution is -0.111. The summed E-state index contributed by atoms with van der Waals surface area (Å²) in [4.78, 5) is 12.0. The topological polar surface area (TPSA) is 65.4 Å². The smallest absolute Gasteiger partial charge is 0.249 e. The van der Waals surface area contributed by atoms with E-state index >= 15 is 0 Å². The molecule has 24 heavy (non-hydrogen) atoms. The van der Waals surface area contributed by atoms with E-state index in [9.17, 15) is 4.79 Å². The second kappa shape index (κ2) is 9.24. The minimum Gasteiger partial charge on any atom is -0.491 e. The molecular formula is C17H20BrN3O3. The van der Waals surface area contributed by atoms with Crippen LogP contribution in [0.4, 0.5) is 5.82 Å². The summed E-state index contributed by atoms with van der Waals surface area (Å²) >= 11 is 3.43. The Morgan fingerprint density at radius 1 is 1.38 bits per heavy atom. The van der Waals surface area contributed by atoms with E-state index in [2.05, 4.69) is 26.3 Å². The maximum Gasteiger partial charge on any atom is 0.249 e. The van der Waals surface area contributed by atoms with Gasteiger partial charge in [0.1, 0.15) is 12.4 Å². The average Bonchev–Trinajstić information content (AvgIpc) is 2.96. The summed E-state index contributed by atoms with van der Waals surface area (Å²) in [5.41, 5.74) is 0.803. The molecule has 0 atom stereocenters. The fourth-order valence-electron chi connectivity index (χ4n) is 1.95. The van der Waals surface area contributed by atoms with E-state index in [4.69, 9.17) is 9.47 Å². The third-order valence-electron chi connectivity index (χ3n) is 3.04. The number of nitrogens with one attached hydrogen (secondary N) is 1. The number of aromatic nitrogens is 2. The highest BCUT2D eigenvalue weighted by Crippen LogP contribution is 2.24. The van der Waals surface area contributed by atoms with Crippen molar-refractivity contribution in [2.75, 3.05) is 25.1 Å². The zero-order valence-electron chi connectivity index (χ0n) is 13.7. The zero-order valence-corrected chi connectivity index (χ0v) is 15.2. The van der Waals surface area contributed by atoms with Crippen molar-refractivity contribution in [3.8, 4) is 5.75 Å². The highest BCUT2D eigenvalue weighted by molar-refractivity contribution is 9.10. The quantitative estimate of drug-likeness (QED) is 0.552. The van der Waals surface area contributed by atoms with Gasteiger partial charge in [-0.2, -0.15) is 5.10 Å². The number of carbonyl (C=O) groups is 1. The number of aryl methyl sites for hydroxylation is 1. The van der Waals surface area contributed by atoms with Gasteiger partial charge in [-0.25, -0.2) is 0 Å². The third kappa shape index (κ3) is 5.82. The minimum atomic E-state index is -0.256. The van der Waals surface area contributed by atoms with Gasteiger partial charge in [0.05, 0.1) is 6.61 Å². The Hall–Kier alpha value is -2.12. The van der Waals surface area contributed by atoms with Crippen LogP contribution in [0.2, 0.25) is 0 Å². The van der Waals surface area contributed by atoms with Gasteiger partial charge in [-0.05, 0) is 31.2 Å². The first kappa shape index (κ1) is 18.2. The van der Waals surface area contributed by atoms with Crippen molar-refractivity contribution in [3.05, 3.63) is 46.6 Å². The number of hydrogen-bond acceptors (Lipinski definition) is 4. The van der Waals surface area contributed by atoms with E-state index in [0.29, 0.717) is 31.4 Å². The van der Waals surface area contributed by atoms with E-state index < -0.39 is 0 Å². The highest BCUT2D eigenvalue weighted by Gasteiger charge is 2.04. The van der Waals surface area contributed by atoms with E-state index in [1.165, 1.54) is 6.08 Å². The molecule has 0 saturated heterocycles. The van der Waals surface area contributed by atoms with E-state index in [1.807, 2.05) is 25.1 Å². The van der Waals surface area contributed by atoms with Crippen molar-refractivity contribution < 1.29 is 14.3 Å². The fraction of sp³-hybridized carbons (Fsp3) is 0.294. The summed E-state index contributed by atoms with van der Waals surface area (Å²) in [5.74, 6) is 0.948. The molecule has 0 unspecified atom stereocenters. The SMILES string of the molecule is CCOCCOc1ccc(Br)cc1/C=C/C(=O)Nc1ccn(C)n1. The molecule has 0 fully saturated rings. The van der Waals surface area contributed by atoms with Gasteiger partial charge >= 0.3 is 0 Å². The molecular weight excluding hydrogens is 374 g/mol. The van der Waals surface area contributed by atoms with Gasteiger partial charge < -0.3 is 14.8 Å². The predicted octanol–water partition coefficient (Wildman–Crippen LogP) is 3.25. The van der Waals surface area contributed by atoms with Gasteiger partial charge in [0.2, 0.25) is 5.91 Å². The predicted molar refractivity (Wildman–Crippen MR) is 97.0 cm³/mol. The molecule has 1 amide bonds. The molecule has 2 aromatic rings. The van der Waals surface area contributed by atoms with E-state index in [-0.39, 0.29) is 5.91 Å². The molecule has 1 N–H and O–H groups in total. The van der Waals surface area contributed by atoms with Gasteiger partial charge in [0.15, 0.2) is 5.82 Å². The second-order valence-corrected chi connectivity index (χ2v) is 5.84. The van der Waals surface area contributed by atoms with Crippen LogP contribution >= 0.6 is 15.9 Å². The van der Waals surface area contributed by atoms with Gasteiger partial charge in [-0.1, -0.05) is 15.9 Å². The normalized spacial score (nSPS) is 11.0. The minimum absolute atomic E-state index is 0.256. The first-order chi connectivity index (χ1) is 11.6. The fourth-order valence-corrected chi connectivity index (χ4v) is 2.33. The molecule has 7 heteroatoms. The Balaban J connectivity index is 2.01. The number of nitrogens with zero attached hydrogens (tertiary/aromatic N) is 2. The molecule has 1 aromatic heterocycles. The molecule has 0 spiro atoms. The van der Waals surface area contributed by atoms with Crippen molar-refractivity contribution in [1.82, 2.24) is 9.78 Å². The molecule has 1 aromatic carbocycles. The number of anilines is 1. The van der Waals surface area contributed by atoms with E-state index in [1.54, 1.807) is 30.1 Å².